The fraction of sp³-hybridized carbons (Fsp3) is 0.550. The lowest BCUT2D eigenvalue weighted by Gasteiger charge is -2.38. The molecule has 6 nitrogen and oxygen atoms in total. The normalized spacial score (nSPS) is 21.0. The monoisotopic (exact) mass is 440 g/mol. The molecule has 1 aliphatic rings. The summed E-state index contributed by atoms with van der Waals surface area (Å²) in [6.07, 6.45) is 4.22. The molecule has 3 heterocycles. The molecule has 0 radical (unpaired) electrons. The Balaban J connectivity index is 1.78. The lowest BCUT2D eigenvalue weighted by atomic mass is 9.82. The van der Waals surface area contributed by atoms with E-state index in [1.54, 1.807) is 6.07 Å². The molecule has 0 aliphatic carbocycles. The molecule has 0 spiro atoms. The van der Waals surface area contributed by atoms with Crippen LogP contribution in [0.5, 0.6) is 0 Å². The van der Waals surface area contributed by atoms with E-state index >= 15 is 0 Å². The van der Waals surface area contributed by atoms with Crippen LogP contribution < -0.4 is 9.86 Å². The van der Waals surface area contributed by atoms with Crippen LogP contribution in [0.3, 0.4) is 0 Å². The first-order chi connectivity index (χ1) is 13.5. The lowest BCUT2D eigenvalue weighted by Crippen LogP contribution is -2.45. The second-order valence-corrected chi connectivity index (χ2v) is 11.0. The Morgan fingerprint density at radius 3 is 2.69 bits per heavy atom. The summed E-state index contributed by atoms with van der Waals surface area (Å²) in [5, 5.41) is 5.00. The number of pyridine rings is 1. The SMILES string of the molecule is Cc1ccc(C(C)(C)N2CCC(CCc3ccc(F)s3)(CNS(N)(=O)=O)C2)cn1. The maximum absolute atomic E-state index is 13.4. The molecule has 160 valence electrons. The zero-order chi connectivity index (χ0) is 21.3. The van der Waals surface area contributed by atoms with Crippen LogP contribution >= 0.6 is 11.3 Å². The minimum Gasteiger partial charge on any atom is -0.293 e. The number of hydrogen-bond donors (Lipinski definition) is 2. The van der Waals surface area contributed by atoms with E-state index in [1.807, 2.05) is 19.2 Å². The average molecular weight is 441 g/mol. The molecule has 0 aromatic carbocycles. The van der Waals surface area contributed by atoms with Crippen molar-refractivity contribution in [2.45, 2.75) is 45.6 Å². The van der Waals surface area contributed by atoms with E-state index in [4.69, 9.17) is 5.14 Å². The van der Waals surface area contributed by atoms with Gasteiger partial charge >= 0.3 is 0 Å². The van der Waals surface area contributed by atoms with Crippen molar-refractivity contribution in [3.63, 3.8) is 0 Å². The van der Waals surface area contributed by atoms with E-state index in [0.29, 0.717) is 6.42 Å². The number of nitrogens with one attached hydrogen (secondary N) is 1. The molecule has 29 heavy (non-hydrogen) atoms. The number of nitrogens with zero attached hydrogens (tertiary/aromatic N) is 2. The molecule has 1 fully saturated rings. The Labute approximate surface area is 176 Å². The number of nitrogens with two attached hydrogens (primary N) is 1. The fourth-order valence-electron chi connectivity index (χ4n) is 3.99. The topological polar surface area (TPSA) is 88.3 Å². The van der Waals surface area contributed by atoms with Gasteiger partial charge in [-0.25, -0.2) is 9.86 Å². The third-order valence-corrected chi connectivity index (χ3v) is 7.51. The van der Waals surface area contributed by atoms with Gasteiger partial charge in [0.25, 0.3) is 10.2 Å². The molecule has 1 saturated heterocycles. The Bertz CT molecular complexity index is 944. The minimum absolute atomic E-state index is 0.197. The molecule has 2 aromatic heterocycles. The predicted molar refractivity (Wildman–Crippen MR) is 114 cm³/mol. The van der Waals surface area contributed by atoms with Crippen molar-refractivity contribution in [3.05, 3.63) is 51.7 Å². The van der Waals surface area contributed by atoms with E-state index in [0.717, 1.165) is 53.4 Å². The number of halogens is 1. The van der Waals surface area contributed by atoms with Crippen molar-refractivity contribution in [1.82, 2.24) is 14.6 Å². The van der Waals surface area contributed by atoms with Crippen LogP contribution in [-0.2, 0) is 22.2 Å². The molecule has 1 aliphatic heterocycles. The summed E-state index contributed by atoms with van der Waals surface area (Å²) in [5.41, 5.74) is 1.60. The highest BCUT2D eigenvalue weighted by atomic mass is 32.2. The molecule has 1 atom stereocenters. The molecule has 0 amide bonds. The number of aryl methyl sites for hydroxylation is 2. The lowest BCUT2D eigenvalue weighted by molar-refractivity contribution is 0.128. The number of hydrogen-bond acceptors (Lipinski definition) is 5. The van der Waals surface area contributed by atoms with Gasteiger partial charge in [0.05, 0.1) is 0 Å². The van der Waals surface area contributed by atoms with Gasteiger partial charge in [-0.15, -0.1) is 11.3 Å². The van der Waals surface area contributed by atoms with Gasteiger partial charge in [-0.1, -0.05) is 6.07 Å². The summed E-state index contributed by atoms with van der Waals surface area (Å²) in [4.78, 5) is 7.78. The number of aromatic nitrogens is 1. The molecule has 1 unspecified atom stereocenters. The van der Waals surface area contributed by atoms with Gasteiger partial charge < -0.3 is 0 Å². The number of likely N-dealkylation sites (tertiary alicyclic amines) is 1. The van der Waals surface area contributed by atoms with Gasteiger partial charge in [0.15, 0.2) is 5.13 Å². The predicted octanol–water partition coefficient (Wildman–Crippen LogP) is 2.94. The molecule has 0 saturated carbocycles. The van der Waals surface area contributed by atoms with E-state index in [9.17, 15) is 12.8 Å². The second kappa shape index (κ2) is 8.39. The first-order valence-corrected chi connectivity index (χ1v) is 12.1. The van der Waals surface area contributed by atoms with Crippen LogP contribution in [0.4, 0.5) is 4.39 Å². The van der Waals surface area contributed by atoms with Crippen molar-refractivity contribution < 1.29 is 12.8 Å². The quantitative estimate of drug-likeness (QED) is 0.661. The third-order valence-electron chi connectivity index (χ3n) is 6.03. The summed E-state index contributed by atoms with van der Waals surface area (Å²) in [5.74, 6) is 0. The summed E-state index contributed by atoms with van der Waals surface area (Å²) in [6, 6.07) is 7.38. The Hall–Kier alpha value is -1.39. The standard InChI is InChI=1S/C20H29FN4O2S2/c1-15-4-5-16(12-23-15)19(2,3)25-11-10-20(14-25,13-24-29(22,26)27)9-8-17-6-7-18(21)28-17/h4-7,12,24H,8-11,13-14H2,1-3H3,(H2,22,26,27). The molecular weight excluding hydrogens is 411 g/mol. The van der Waals surface area contributed by atoms with Crippen LogP contribution in [0.25, 0.3) is 0 Å². The van der Waals surface area contributed by atoms with Crippen molar-refractivity contribution >= 4 is 21.5 Å². The largest absolute Gasteiger partial charge is 0.293 e. The molecular formula is C20H29FN4O2S2. The van der Waals surface area contributed by atoms with Crippen molar-refractivity contribution in [2.75, 3.05) is 19.6 Å². The van der Waals surface area contributed by atoms with E-state index in [2.05, 4.69) is 34.5 Å². The maximum Gasteiger partial charge on any atom is 0.274 e. The van der Waals surface area contributed by atoms with Crippen LogP contribution in [0.1, 0.15) is 42.8 Å². The smallest absolute Gasteiger partial charge is 0.274 e. The van der Waals surface area contributed by atoms with Gasteiger partial charge in [0.1, 0.15) is 0 Å². The summed E-state index contributed by atoms with van der Waals surface area (Å²) in [7, 11) is -3.77. The fourth-order valence-corrected chi connectivity index (χ4v) is 5.22. The van der Waals surface area contributed by atoms with E-state index in [-0.39, 0.29) is 22.6 Å². The average Bonchev–Trinajstić information content (AvgIpc) is 3.26. The zero-order valence-electron chi connectivity index (χ0n) is 17.1. The molecule has 0 bridgehead atoms. The van der Waals surface area contributed by atoms with Crippen LogP contribution in [0, 0.1) is 17.5 Å². The van der Waals surface area contributed by atoms with E-state index < -0.39 is 10.2 Å². The zero-order valence-corrected chi connectivity index (χ0v) is 18.7. The van der Waals surface area contributed by atoms with Crippen molar-refractivity contribution in [3.8, 4) is 0 Å². The Morgan fingerprint density at radius 1 is 1.34 bits per heavy atom. The Kier molecular flexibility index (Phi) is 6.45. The third kappa shape index (κ3) is 5.61. The van der Waals surface area contributed by atoms with Crippen LogP contribution in [0.2, 0.25) is 0 Å². The molecule has 9 heteroatoms. The second-order valence-electron chi connectivity index (χ2n) is 8.49. The van der Waals surface area contributed by atoms with Gasteiger partial charge in [-0.2, -0.15) is 12.8 Å². The molecule has 2 aromatic rings. The van der Waals surface area contributed by atoms with Crippen molar-refractivity contribution in [2.24, 2.45) is 10.6 Å². The summed E-state index contributed by atoms with van der Waals surface area (Å²) < 4.78 is 38.9. The minimum atomic E-state index is -3.77. The first-order valence-electron chi connectivity index (χ1n) is 9.69. The van der Waals surface area contributed by atoms with Gasteiger partial charge in [0.2, 0.25) is 0 Å². The highest BCUT2D eigenvalue weighted by molar-refractivity contribution is 7.87. The van der Waals surface area contributed by atoms with E-state index in [1.165, 1.54) is 6.07 Å². The van der Waals surface area contributed by atoms with Crippen molar-refractivity contribution in [1.29, 1.82) is 0 Å². The van der Waals surface area contributed by atoms with Gasteiger partial charge in [-0.3, -0.25) is 9.88 Å². The summed E-state index contributed by atoms with van der Waals surface area (Å²) >= 11 is 1.15. The van der Waals surface area contributed by atoms with Crippen LogP contribution in [-0.4, -0.2) is 37.9 Å². The molecule has 3 rings (SSSR count). The van der Waals surface area contributed by atoms with Gasteiger partial charge in [-0.05, 0) is 75.8 Å². The first kappa shape index (κ1) is 22.3. The van der Waals surface area contributed by atoms with Crippen LogP contribution in [0.15, 0.2) is 30.5 Å². The molecule has 3 N–H and O–H groups in total. The number of rotatable bonds is 8. The van der Waals surface area contributed by atoms with Gasteiger partial charge in [0, 0.05) is 35.4 Å². The number of thiophene rings is 1. The summed E-state index contributed by atoms with van der Waals surface area (Å²) in [6.45, 7) is 8.13. The highest BCUT2D eigenvalue weighted by Crippen LogP contribution is 2.41. The highest BCUT2D eigenvalue weighted by Gasteiger charge is 2.43. The maximum atomic E-state index is 13.4. The Morgan fingerprint density at radius 2 is 2.10 bits per heavy atom.